The Morgan fingerprint density at radius 1 is 1.29 bits per heavy atom. The smallest absolute Gasteiger partial charge is 0.319 e. The number of hydrogen-bond donors (Lipinski definition) is 3. The van der Waals surface area contributed by atoms with Gasteiger partial charge in [-0.15, -0.1) is 0 Å². The molecule has 0 aliphatic carbocycles. The van der Waals surface area contributed by atoms with Crippen LogP contribution in [-0.4, -0.2) is 48.4 Å². The van der Waals surface area contributed by atoms with Crippen molar-refractivity contribution in [3.05, 3.63) is 40.5 Å². The van der Waals surface area contributed by atoms with Gasteiger partial charge in [-0.05, 0) is 50.2 Å². The van der Waals surface area contributed by atoms with Gasteiger partial charge in [-0.1, -0.05) is 0 Å². The van der Waals surface area contributed by atoms with E-state index in [0.717, 1.165) is 11.5 Å². The van der Waals surface area contributed by atoms with Crippen molar-refractivity contribution in [2.45, 2.75) is 13.5 Å². The Balaban J connectivity index is 2.10. The fourth-order valence-corrected chi connectivity index (χ4v) is 2.96. The zero-order valence-corrected chi connectivity index (χ0v) is 16.5. The summed E-state index contributed by atoms with van der Waals surface area (Å²) in [5, 5.41) is 5.16. The van der Waals surface area contributed by atoms with Crippen LogP contribution in [0.1, 0.15) is 21.5 Å². The maximum atomic E-state index is 13.9. The van der Waals surface area contributed by atoms with Gasteiger partial charge in [0.15, 0.2) is 0 Å². The maximum absolute atomic E-state index is 13.9. The number of carbonyl (C=O) groups is 2. The SMILES string of the molecule is Cc1cc(F)c(COc2nsc(NC(=O)NCCN(C)C)c2C(N)=O)c(F)c1. The monoisotopic (exact) mass is 413 g/mol. The van der Waals surface area contributed by atoms with E-state index in [1.807, 2.05) is 19.0 Å². The molecular formula is C17H21F2N5O3S. The van der Waals surface area contributed by atoms with Crippen LogP contribution < -0.4 is 21.1 Å². The number of aryl methyl sites for hydroxylation is 1. The summed E-state index contributed by atoms with van der Waals surface area (Å²) in [5.74, 6) is -2.64. The number of primary amides is 1. The van der Waals surface area contributed by atoms with Crippen LogP contribution in [0.15, 0.2) is 12.1 Å². The van der Waals surface area contributed by atoms with Crippen LogP contribution in [-0.2, 0) is 6.61 Å². The number of rotatable bonds is 8. The summed E-state index contributed by atoms with van der Waals surface area (Å²) in [6, 6.07) is 1.79. The lowest BCUT2D eigenvalue weighted by molar-refractivity contribution is 0.0996. The summed E-state index contributed by atoms with van der Waals surface area (Å²) in [6.07, 6.45) is 0. The number of amides is 3. The van der Waals surface area contributed by atoms with Crippen LogP contribution in [0.2, 0.25) is 0 Å². The van der Waals surface area contributed by atoms with E-state index in [4.69, 9.17) is 10.5 Å². The first-order valence-electron chi connectivity index (χ1n) is 8.25. The first-order valence-corrected chi connectivity index (χ1v) is 9.02. The van der Waals surface area contributed by atoms with Gasteiger partial charge in [0.05, 0.1) is 5.56 Å². The Labute approximate surface area is 164 Å². The number of nitrogens with two attached hydrogens (primary N) is 1. The molecule has 0 aliphatic heterocycles. The van der Waals surface area contributed by atoms with Gasteiger partial charge in [-0.2, -0.15) is 4.37 Å². The quantitative estimate of drug-likeness (QED) is 0.614. The fourth-order valence-electron chi connectivity index (χ4n) is 2.23. The standard InChI is InChI=1S/C17H21F2N5O3S/c1-9-6-11(18)10(12(19)7-9)8-27-15-13(14(20)25)16(28-23-15)22-17(26)21-4-5-24(2)3/h6-7H,4-5,8H2,1-3H3,(H2,20,25)(H2,21,22,26). The van der Waals surface area contributed by atoms with Crippen LogP contribution in [0.4, 0.5) is 18.6 Å². The molecule has 152 valence electrons. The number of aromatic nitrogens is 1. The second kappa shape index (κ2) is 9.42. The third-order valence-corrected chi connectivity index (χ3v) is 4.36. The highest BCUT2D eigenvalue weighted by molar-refractivity contribution is 7.11. The van der Waals surface area contributed by atoms with E-state index >= 15 is 0 Å². The van der Waals surface area contributed by atoms with Crippen molar-refractivity contribution in [3.8, 4) is 5.88 Å². The Kier molecular flexibility index (Phi) is 7.24. The molecule has 1 aromatic heterocycles. The second-order valence-corrected chi connectivity index (χ2v) is 7.01. The van der Waals surface area contributed by atoms with Crippen molar-refractivity contribution in [1.29, 1.82) is 0 Å². The van der Waals surface area contributed by atoms with E-state index in [1.165, 1.54) is 12.1 Å². The number of halogens is 2. The summed E-state index contributed by atoms with van der Waals surface area (Å²) in [7, 11) is 3.72. The highest BCUT2D eigenvalue weighted by atomic mass is 32.1. The molecule has 0 spiro atoms. The van der Waals surface area contributed by atoms with Crippen molar-refractivity contribution in [2.75, 3.05) is 32.5 Å². The Morgan fingerprint density at radius 2 is 1.93 bits per heavy atom. The molecule has 2 aromatic rings. The number of nitrogens with one attached hydrogen (secondary N) is 2. The molecule has 2 rings (SSSR count). The van der Waals surface area contributed by atoms with Crippen LogP contribution in [0.25, 0.3) is 0 Å². The molecule has 0 saturated carbocycles. The predicted octanol–water partition coefficient (Wildman–Crippen LogP) is 2.09. The van der Waals surface area contributed by atoms with E-state index in [0.29, 0.717) is 18.7 Å². The number of nitrogens with zero attached hydrogens (tertiary/aromatic N) is 2. The summed E-state index contributed by atoms with van der Waals surface area (Å²) in [4.78, 5) is 25.6. The molecule has 4 N–H and O–H groups in total. The molecule has 8 nitrogen and oxygen atoms in total. The van der Waals surface area contributed by atoms with Gasteiger partial charge in [0.25, 0.3) is 5.91 Å². The summed E-state index contributed by atoms with van der Waals surface area (Å²) < 4.78 is 37.1. The maximum Gasteiger partial charge on any atom is 0.319 e. The second-order valence-electron chi connectivity index (χ2n) is 6.24. The van der Waals surface area contributed by atoms with Gasteiger partial charge in [-0.3, -0.25) is 10.1 Å². The number of ether oxygens (including phenoxy) is 1. The predicted molar refractivity (Wildman–Crippen MR) is 102 cm³/mol. The fraction of sp³-hybridized carbons (Fsp3) is 0.353. The molecule has 11 heteroatoms. The van der Waals surface area contributed by atoms with Gasteiger partial charge < -0.3 is 20.7 Å². The summed E-state index contributed by atoms with van der Waals surface area (Å²) in [5.41, 5.74) is 5.31. The number of urea groups is 1. The molecule has 1 heterocycles. The highest BCUT2D eigenvalue weighted by Gasteiger charge is 2.23. The van der Waals surface area contributed by atoms with Crippen molar-refractivity contribution < 1.29 is 23.1 Å². The van der Waals surface area contributed by atoms with Crippen LogP contribution in [0, 0.1) is 18.6 Å². The third-order valence-electron chi connectivity index (χ3n) is 3.62. The number of likely N-dealkylation sites (N-methyl/N-ethyl adjacent to an activating group) is 1. The van der Waals surface area contributed by atoms with Gasteiger partial charge in [0, 0.05) is 13.1 Å². The zero-order chi connectivity index (χ0) is 20.8. The van der Waals surface area contributed by atoms with Crippen LogP contribution in [0.3, 0.4) is 0 Å². The summed E-state index contributed by atoms with van der Waals surface area (Å²) >= 11 is 0.773. The highest BCUT2D eigenvalue weighted by Crippen LogP contribution is 2.31. The minimum absolute atomic E-state index is 0.0784. The number of hydrogen-bond acceptors (Lipinski definition) is 6. The first kappa shape index (κ1) is 21.5. The van der Waals surface area contributed by atoms with E-state index in [2.05, 4.69) is 15.0 Å². The average molecular weight is 413 g/mol. The van der Waals surface area contributed by atoms with Gasteiger partial charge >= 0.3 is 6.03 Å². The molecule has 1 aromatic carbocycles. The molecular weight excluding hydrogens is 392 g/mol. The molecule has 0 aliphatic rings. The summed E-state index contributed by atoms with van der Waals surface area (Å²) in [6.45, 7) is 2.08. The van der Waals surface area contributed by atoms with Crippen LogP contribution >= 0.6 is 11.5 Å². The molecule has 0 atom stereocenters. The average Bonchev–Trinajstić information content (AvgIpc) is 2.96. The van der Waals surface area contributed by atoms with Crippen LogP contribution in [0.5, 0.6) is 5.88 Å². The number of anilines is 1. The lowest BCUT2D eigenvalue weighted by atomic mass is 10.1. The largest absolute Gasteiger partial charge is 0.471 e. The van der Waals surface area contributed by atoms with E-state index in [1.54, 1.807) is 6.92 Å². The van der Waals surface area contributed by atoms with Gasteiger partial charge in [-0.25, -0.2) is 13.6 Å². The lowest BCUT2D eigenvalue weighted by Crippen LogP contribution is -2.34. The zero-order valence-electron chi connectivity index (χ0n) is 15.6. The van der Waals surface area contributed by atoms with Crippen molar-refractivity contribution >= 4 is 28.5 Å². The lowest BCUT2D eigenvalue weighted by Gasteiger charge is -2.11. The van der Waals surface area contributed by atoms with Crippen molar-refractivity contribution in [1.82, 2.24) is 14.6 Å². The molecule has 0 fully saturated rings. The van der Waals surface area contributed by atoms with E-state index < -0.39 is 30.2 Å². The first-order chi connectivity index (χ1) is 13.2. The number of benzene rings is 1. The topological polar surface area (TPSA) is 110 Å². The molecule has 0 bridgehead atoms. The number of carbonyl (C=O) groups excluding carboxylic acids is 2. The Bertz CT molecular complexity index is 849. The van der Waals surface area contributed by atoms with Crippen molar-refractivity contribution in [3.63, 3.8) is 0 Å². The van der Waals surface area contributed by atoms with Crippen molar-refractivity contribution in [2.24, 2.45) is 5.73 Å². The third kappa shape index (κ3) is 5.60. The molecule has 0 unspecified atom stereocenters. The minimum Gasteiger partial charge on any atom is -0.471 e. The molecule has 28 heavy (non-hydrogen) atoms. The normalized spacial score (nSPS) is 10.8. The Morgan fingerprint density at radius 3 is 2.50 bits per heavy atom. The molecule has 0 saturated heterocycles. The minimum atomic E-state index is -0.891. The van der Waals surface area contributed by atoms with E-state index in [-0.39, 0.29) is 22.0 Å². The van der Waals surface area contributed by atoms with Gasteiger partial charge in [0.2, 0.25) is 5.88 Å². The molecule has 3 amide bonds. The molecule has 0 radical (unpaired) electrons. The Hall–Kier alpha value is -2.79. The van der Waals surface area contributed by atoms with Gasteiger partial charge in [0.1, 0.15) is 28.8 Å². The van der Waals surface area contributed by atoms with E-state index in [9.17, 15) is 18.4 Å².